The summed E-state index contributed by atoms with van der Waals surface area (Å²) in [5.41, 5.74) is 0. The second-order valence-corrected chi connectivity index (χ2v) is 5.60. The molecule has 1 N–H and O–H groups in total. The van der Waals surface area contributed by atoms with E-state index in [4.69, 9.17) is 9.47 Å². The van der Waals surface area contributed by atoms with E-state index < -0.39 is 6.10 Å². The van der Waals surface area contributed by atoms with Crippen LogP contribution in [-0.4, -0.2) is 49.5 Å². The first-order valence-corrected chi connectivity index (χ1v) is 7.35. The van der Waals surface area contributed by atoms with E-state index in [0.29, 0.717) is 24.7 Å². The van der Waals surface area contributed by atoms with Crippen molar-refractivity contribution in [3.63, 3.8) is 0 Å². The zero-order valence-corrected chi connectivity index (χ0v) is 12.4. The van der Waals surface area contributed by atoms with Crippen molar-refractivity contribution in [2.45, 2.75) is 25.9 Å². The molecular formula is C16H25NO3. The predicted molar refractivity (Wildman–Crippen MR) is 79.3 cm³/mol. The molecule has 1 aromatic carbocycles. The molecule has 1 aromatic rings. The van der Waals surface area contributed by atoms with Gasteiger partial charge in [0, 0.05) is 6.54 Å². The average molecular weight is 279 g/mol. The largest absolute Gasteiger partial charge is 0.493 e. The molecule has 0 radical (unpaired) electrons. The molecule has 0 bridgehead atoms. The lowest BCUT2D eigenvalue weighted by Crippen LogP contribution is -2.40. The molecule has 0 aromatic heterocycles. The van der Waals surface area contributed by atoms with Gasteiger partial charge < -0.3 is 19.5 Å². The van der Waals surface area contributed by atoms with Gasteiger partial charge in [-0.3, -0.25) is 0 Å². The fourth-order valence-corrected chi connectivity index (χ4v) is 2.52. The number of benzene rings is 1. The third kappa shape index (κ3) is 4.39. The highest BCUT2D eigenvalue weighted by molar-refractivity contribution is 5.39. The van der Waals surface area contributed by atoms with Gasteiger partial charge in [0.05, 0.1) is 7.11 Å². The van der Waals surface area contributed by atoms with Crippen LogP contribution in [0.25, 0.3) is 0 Å². The number of piperidine rings is 1. The number of aliphatic hydroxyl groups is 1. The van der Waals surface area contributed by atoms with E-state index in [9.17, 15) is 5.11 Å². The van der Waals surface area contributed by atoms with Crippen LogP contribution in [0.3, 0.4) is 0 Å². The predicted octanol–water partition coefficient (Wildman–Crippen LogP) is 2.17. The number of methoxy groups -OCH3 is 1. The van der Waals surface area contributed by atoms with Gasteiger partial charge in [-0.15, -0.1) is 0 Å². The van der Waals surface area contributed by atoms with Gasteiger partial charge in [0.2, 0.25) is 0 Å². The van der Waals surface area contributed by atoms with Gasteiger partial charge in [0.1, 0.15) is 12.7 Å². The number of β-amino-alcohol motifs (C(OH)–C–C–N with tert-alkyl or cyclic N) is 1. The Hall–Kier alpha value is -1.26. The van der Waals surface area contributed by atoms with Crippen LogP contribution in [0.1, 0.15) is 19.8 Å². The van der Waals surface area contributed by atoms with Crippen LogP contribution >= 0.6 is 0 Å². The van der Waals surface area contributed by atoms with Crippen molar-refractivity contribution in [3.05, 3.63) is 24.3 Å². The summed E-state index contributed by atoms with van der Waals surface area (Å²) in [6.07, 6.45) is 1.98. The van der Waals surface area contributed by atoms with Crippen molar-refractivity contribution in [1.82, 2.24) is 4.90 Å². The number of likely N-dealkylation sites (tertiary alicyclic amines) is 1. The Morgan fingerprint density at radius 3 is 2.55 bits per heavy atom. The van der Waals surface area contributed by atoms with Crippen LogP contribution in [-0.2, 0) is 0 Å². The van der Waals surface area contributed by atoms with Gasteiger partial charge in [-0.25, -0.2) is 0 Å². The Morgan fingerprint density at radius 1 is 1.25 bits per heavy atom. The Labute approximate surface area is 121 Å². The average Bonchev–Trinajstić information content (AvgIpc) is 2.48. The van der Waals surface area contributed by atoms with Crippen LogP contribution in [0.5, 0.6) is 11.5 Å². The van der Waals surface area contributed by atoms with E-state index in [0.717, 1.165) is 19.0 Å². The Bertz CT molecular complexity index is 402. The highest BCUT2D eigenvalue weighted by Crippen LogP contribution is 2.25. The van der Waals surface area contributed by atoms with E-state index >= 15 is 0 Å². The van der Waals surface area contributed by atoms with Crippen LogP contribution in [0, 0.1) is 5.92 Å². The molecule has 0 aliphatic carbocycles. The third-order valence-electron chi connectivity index (χ3n) is 3.85. The highest BCUT2D eigenvalue weighted by atomic mass is 16.5. The van der Waals surface area contributed by atoms with E-state index in [-0.39, 0.29) is 0 Å². The number of nitrogens with zero attached hydrogens (tertiary/aromatic N) is 1. The molecule has 1 saturated heterocycles. The minimum atomic E-state index is -0.465. The molecule has 1 aliphatic rings. The molecule has 4 heteroatoms. The fraction of sp³-hybridized carbons (Fsp3) is 0.625. The second-order valence-electron chi connectivity index (χ2n) is 5.60. The molecular weight excluding hydrogens is 254 g/mol. The highest BCUT2D eigenvalue weighted by Gasteiger charge is 2.18. The van der Waals surface area contributed by atoms with Gasteiger partial charge in [-0.2, -0.15) is 0 Å². The number of ether oxygens (including phenoxy) is 2. The molecule has 0 unspecified atom stereocenters. The van der Waals surface area contributed by atoms with Crippen molar-refractivity contribution in [1.29, 1.82) is 0 Å². The lowest BCUT2D eigenvalue weighted by Gasteiger charge is -2.31. The second kappa shape index (κ2) is 7.50. The molecule has 4 nitrogen and oxygen atoms in total. The van der Waals surface area contributed by atoms with Gasteiger partial charge in [0.15, 0.2) is 11.5 Å². The van der Waals surface area contributed by atoms with Crippen LogP contribution in [0.2, 0.25) is 0 Å². The molecule has 20 heavy (non-hydrogen) atoms. The molecule has 2 rings (SSSR count). The molecule has 0 amide bonds. The molecule has 1 atom stereocenters. The summed E-state index contributed by atoms with van der Waals surface area (Å²) < 4.78 is 10.9. The first kappa shape index (κ1) is 15.1. The topological polar surface area (TPSA) is 41.9 Å². The van der Waals surface area contributed by atoms with E-state index in [2.05, 4.69) is 11.8 Å². The minimum Gasteiger partial charge on any atom is -0.493 e. The number of hydrogen-bond donors (Lipinski definition) is 1. The van der Waals surface area contributed by atoms with Crippen molar-refractivity contribution < 1.29 is 14.6 Å². The minimum absolute atomic E-state index is 0.298. The zero-order chi connectivity index (χ0) is 14.4. The maximum atomic E-state index is 10.1. The van der Waals surface area contributed by atoms with Crippen molar-refractivity contribution >= 4 is 0 Å². The van der Waals surface area contributed by atoms with Gasteiger partial charge in [-0.05, 0) is 44.0 Å². The molecule has 1 heterocycles. The standard InChI is InChI=1S/C16H25NO3/c1-13-7-9-17(10-8-13)11-14(18)12-20-16-6-4-3-5-15(16)19-2/h3-6,13-14,18H,7-12H2,1-2H3/t14-/m0/s1. The van der Waals surface area contributed by atoms with Gasteiger partial charge >= 0.3 is 0 Å². The smallest absolute Gasteiger partial charge is 0.161 e. The summed E-state index contributed by atoms with van der Waals surface area (Å²) in [4.78, 5) is 2.32. The maximum Gasteiger partial charge on any atom is 0.161 e. The summed E-state index contributed by atoms with van der Waals surface area (Å²) in [5.74, 6) is 2.20. The van der Waals surface area contributed by atoms with Crippen molar-refractivity contribution in [2.75, 3.05) is 33.4 Å². The van der Waals surface area contributed by atoms with Gasteiger partial charge in [-0.1, -0.05) is 19.1 Å². The quantitative estimate of drug-likeness (QED) is 0.866. The summed E-state index contributed by atoms with van der Waals surface area (Å²) >= 11 is 0. The first-order chi connectivity index (χ1) is 9.69. The third-order valence-corrected chi connectivity index (χ3v) is 3.85. The monoisotopic (exact) mass is 279 g/mol. The van der Waals surface area contributed by atoms with Crippen LogP contribution < -0.4 is 9.47 Å². The number of hydrogen-bond acceptors (Lipinski definition) is 4. The number of para-hydroxylation sites is 2. The fourth-order valence-electron chi connectivity index (χ4n) is 2.52. The lowest BCUT2D eigenvalue weighted by molar-refractivity contribution is 0.0555. The van der Waals surface area contributed by atoms with E-state index in [1.807, 2.05) is 24.3 Å². The molecule has 1 aliphatic heterocycles. The van der Waals surface area contributed by atoms with Crippen LogP contribution in [0.4, 0.5) is 0 Å². The molecule has 0 spiro atoms. The van der Waals surface area contributed by atoms with Crippen molar-refractivity contribution in [3.8, 4) is 11.5 Å². The molecule has 112 valence electrons. The first-order valence-electron chi connectivity index (χ1n) is 7.35. The SMILES string of the molecule is COc1ccccc1OC[C@@H](O)CN1CCC(C)CC1. The van der Waals surface area contributed by atoms with Gasteiger partial charge in [0.25, 0.3) is 0 Å². The number of rotatable bonds is 6. The molecule has 0 saturated carbocycles. The zero-order valence-electron chi connectivity index (χ0n) is 12.4. The van der Waals surface area contributed by atoms with E-state index in [1.165, 1.54) is 12.8 Å². The summed E-state index contributed by atoms with van der Waals surface area (Å²) in [7, 11) is 1.62. The maximum absolute atomic E-state index is 10.1. The summed E-state index contributed by atoms with van der Waals surface area (Å²) in [5, 5.41) is 10.1. The Kier molecular flexibility index (Phi) is 5.68. The van der Waals surface area contributed by atoms with E-state index in [1.54, 1.807) is 7.11 Å². The lowest BCUT2D eigenvalue weighted by atomic mass is 9.99. The number of aliphatic hydroxyl groups excluding tert-OH is 1. The Morgan fingerprint density at radius 2 is 1.90 bits per heavy atom. The Balaban J connectivity index is 1.76. The molecule has 1 fully saturated rings. The summed E-state index contributed by atoms with van der Waals surface area (Å²) in [6.45, 7) is 5.42. The van der Waals surface area contributed by atoms with Crippen molar-refractivity contribution in [2.24, 2.45) is 5.92 Å². The summed E-state index contributed by atoms with van der Waals surface area (Å²) in [6, 6.07) is 7.51. The normalized spacial score (nSPS) is 18.8. The van der Waals surface area contributed by atoms with Crippen LogP contribution in [0.15, 0.2) is 24.3 Å².